The van der Waals surface area contributed by atoms with Crippen LogP contribution >= 0.6 is 11.8 Å². The molecule has 1 aliphatic rings. The summed E-state index contributed by atoms with van der Waals surface area (Å²) in [6.45, 7) is 4.94. The van der Waals surface area contributed by atoms with Gasteiger partial charge in [-0.2, -0.15) is 4.31 Å². The zero-order chi connectivity index (χ0) is 30.1. The lowest BCUT2D eigenvalue weighted by atomic mass is 10.1. The minimum absolute atomic E-state index is 0.166. The molecule has 10 heteroatoms. The summed E-state index contributed by atoms with van der Waals surface area (Å²) in [6, 6.07) is 20.7. The molecule has 1 aliphatic heterocycles. The lowest BCUT2D eigenvalue weighted by molar-refractivity contribution is -0.139. The lowest BCUT2D eigenvalue weighted by Crippen LogP contribution is -2.43. The number of unbranched alkanes of at least 4 members (excludes halogenated alkanes) is 1. The summed E-state index contributed by atoms with van der Waals surface area (Å²) in [7, 11) is -0.752. The van der Waals surface area contributed by atoms with Crippen LogP contribution in [0.2, 0.25) is 0 Å². The lowest BCUT2D eigenvalue weighted by Gasteiger charge is -2.31. The molecule has 3 aromatic carbocycles. The predicted molar refractivity (Wildman–Crippen MR) is 168 cm³/mol. The zero-order valence-corrected chi connectivity index (χ0v) is 26.4. The molecule has 0 amide bonds. The second-order valence-corrected chi connectivity index (χ2v) is 12.9. The maximum absolute atomic E-state index is 14.7. The van der Waals surface area contributed by atoms with Gasteiger partial charge in [0.05, 0.1) is 32.3 Å². The van der Waals surface area contributed by atoms with Gasteiger partial charge in [-0.05, 0) is 49.2 Å². The summed E-state index contributed by atoms with van der Waals surface area (Å²) >= 11 is 1.37. The van der Waals surface area contributed by atoms with Gasteiger partial charge in [-0.15, -0.1) is 11.8 Å². The number of ether oxygens (including phenoxy) is 3. The topological polar surface area (TPSA) is 85.4 Å². The molecule has 0 aliphatic carbocycles. The van der Waals surface area contributed by atoms with Crippen molar-refractivity contribution in [3.05, 3.63) is 77.9 Å². The van der Waals surface area contributed by atoms with Gasteiger partial charge in [-0.25, -0.2) is 8.42 Å². The molecule has 0 radical (unpaired) electrons. The summed E-state index contributed by atoms with van der Waals surface area (Å²) < 4.78 is 47.2. The standard InChI is InChI=1S/C32H40N2O6S2/c1-5-7-11-27-21-33(26-12-9-8-10-13-26)29-19-30(39-4)25(22-41-23-32(35)40-6-2)18-31(29)42(36,37)34(27)20-24-14-16-28(38-3)17-15-24/h8-10,12-19,27H,5-7,11,20-23H2,1-4H3/t27-/m1/s1. The Hall–Kier alpha value is -3.21. The number of fused-ring (bicyclic) bond motifs is 1. The predicted octanol–water partition coefficient (Wildman–Crippen LogP) is 6.40. The summed E-state index contributed by atoms with van der Waals surface area (Å²) in [5.74, 6) is 1.56. The average molecular weight is 613 g/mol. The number of nitrogens with zero attached hydrogens (tertiary/aromatic N) is 2. The van der Waals surface area contributed by atoms with E-state index in [-0.39, 0.29) is 29.2 Å². The van der Waals surface area contributed by atoms with Crippen LogP contribution in [0.4, 0.5) is 11.4 Å². The van der Waals surface area contributed by atoms with E-state index in [9.17, 15) is 13.2 Å². The largest absolute Gasteiger partial charge is 0.497 e. The molecule has 0 saturated heterocycles. The highest BCUT2D eigenvalue weighted by atomic mass is 32.2. The first-order valence-corrected chi connectivity index (χ1v) is 16.8. The van der Waals surface area contributed by atoms with Crippen molar-refractivity contribution in [1.29, 1.82) is 0 Å². The molecule has 0 bridgehead atoms. The maximum Gasteiger partial charge on any atom is 0.315 e. The number of hydrogen-bond acceptors (Lipinski definition) is 8. The van der Waals surface area contributed by atoms with Crippen molar-refractivity contribution in [1.82, 2.24) is 4.31 Å². The smallest absolute Gasteiger partial charge is 0.315 e. The molecule has 0 unspecified atom stereocenters. The number of carbonyl (C=O) groups excluding carboxylic acids is 1. The summed E-state index contributed by atoms with van der Waals surface area (Å²) in [5.41, 5.74) is 3.08. The average Bonchev–Trinajstić information content (AvgIpc) is 3.08. The Balaban J connectivity index is 1.83. The summed E-state index contributed by atoms with van der Waals surface area (Å²) in [6.07, 6.45) is 2.58. The number of benzene rings is 3. The van der Waals surface area contributed by atoms with Crippen LogP contribution in [-0.4, -0.2) is 57.9 Å². The van der Waals surface area contributed by atoms with E-state index in [0.29, 0.717) is 35.9 Å². The van der Waals surface area contributed by atoms with Gasteiger partial charge >= 0.3 is 5.97 Å². The third-order valence-electron chi connectivity index (χ3n) is 7.28. The minimum atomic E-state index is -3.95. The van der Waals surface area contributed by atoms with Crippen LogP contribution in [0.1, 0.15) is 44.2 Å². The van der Waals surface area contributed by atoms with Crippen LogP contribution in [0, 0.1) is 0 Å². The van der Waals surface area contributed by atoms with Crippen LogP contribution in [-0.2, 0) is 31.9 Å². The molecule has 1 atom stereocenters. The molecule has 8 nitrogen and oxygen atoms in total. The van der Waals surface area contributed by atoms with Gasteiger partial charge in [0, 0.05) is 42.2 Å². The number of anilines is 2. The number of para-hydroxylation sites is 1. The van der Waals surface area contributed by atoms with Crippen LogP contribution in [0.25, 0.3) is 0 Å². The molecule has 0 spiro atoms. The molecule has 1 heterocycles. The van der Waals surface area contributed by atoms with E-state index in [2.05, 4.69) is 11.8 Å². The van der Waals surface area contributed by atoms with E-state index < -0.39 is 10.0 Å². The summed E-state index contributed by atoms with van der Waals surface area (Å²) in [5, 5.41) is 0. The van der Waals surface area contributed by atoms with Crippen LogP contribution < -0.4 is 14.4 Å². The van der Waals surface area contributed by atoms with Crippen molar-refractivity contribution in [3.63, 3.8) is 0 Å². The van der Waals surface area contributed by atoms with Crippen LogP contribution in [0.3, 0.4) is 0 Å². The van der Waals surface area contributed by atoms with Crippen molar-refractivity contribution >= 4 is 39.1 Å². The highest BCUT2D eigenvalue weighted by Gasteiger charge is 2.39. The number of methoxy groups -OCH3 is 2. The molecule has 0 saturated carbocycles. The number of hydrogen-bond donors (Lipinski definition) is 0. The molecule has 3 aromatic rings. The van der Waals surface area contributed by atoms with Crippen molar-refractivity contribution in [2.24, 2.45) is 0 Å². The fourth-order valence-electron chi connectivity index (χ4n) is 5.13. The normalized spacial score (nSPS) is 16.4. The fourth-order valence-corrected chi connectivity index (χ4v) is 7.79. The molecular formula is C32H40N2O6S2. The third kappa shape index (κ3) is 7.40. The van der Waals surface area contributed by atoms with Gasteiger partial charge in [-0.1, -0.05) is 50.1 Å². The highest BCUT2D eigenvalue weighted by molar-refractivity contribution is 7.99. The van der Waals surface area contributed by atoms with Gasteiger partial charge in [0.1, 0.15) is 16.4 Å². The van der Waals surface area contributed by atoms with E-state index in [4.69, 9.17) is 14.2 Å². The second kappa shape index (κ2) is 14.8. The van der Waals surface area contributed by atoms with Crippen LogP contribution in [0.5, 0.6) is 11.5 Å². The molecule has 226 valence electrons. The Labute approximate surface area is 254 Å². The van der Waals surface area contributed by atoms with E-state index >= 15 is 0 Å². The van der Waals surface area contributed by atoms with E-state index in [0.717, 1.165) is 36.3 Å². The van der Waals surface area contributed by atoms with Gasteiger partial charge in [0.15, 0.2) is 0 Å². The molecular weight excluding hydrogens is 572 g/mol. The SMILES string of the molecule is CCCC[C@@H]1CN(c2ccccc2)c2cc(OC)c(CSCC(=O)OCC)cc2S(=O)(=O)N1Cc1ccc(OC)cc1. The minimum Gasteiger partial charge on any atom is -0.497 e. The quantitative estimate of drug-likeness (QED) is 0.205. The number of sulfonamides is 1. The van der Waals surface area contributed by atoms with E-state index in [1.807, 2.05) is 60.7 Å². The number of carbonyl (C=O) groups is 1. The zero-order valence-electron chi connectivity index (χ0n) is 24.7. The summed E-state index contributed by atoms with van der Waals surface area (Å²) in [4.78, 5) is 14.3. The molecule has 0 N–H and O–H groups in total. The van der Waals surface area contributed by atoms with Crippen molar-refractivity contribution in [2.45, 2.75) is 56.3 Å². The second-order valence-electron chi connectivity index (χ2n) is 10.1. The van der Waals surface area contributed by atoms with Gasteiger partial charge in [0.2, 0.25) is 10.0 Å². The van der Waals surface area contributed by atoms with Crippen LogP contribution in [0.15, 0.2) is 71.6 Å². The van der Waals surface area contributed by atoms with Gasteiger partial charge < -0.3 is 19.1 Å². The van der Waals surface area contributed by atoms with E-state index in [1.165, 1.54) is 11.8 Å². The van der Waals surface area contributed by atoms with Gasteiger partial charge in [0.25, 0.3) is 0 Å². The first-order chi connectivity index (χ1) is 20.3. The Bertz CT molecular complexity index is 1430. The molecule has 42 heavy (non-hydrogen) atoms. The maximum atomic E-state index is 14.7. The third-order valence-corrected chi connectivity index (χ3v) is 10.2. The number of thioether (sulfide) groups is 1. The fraction of sp³-hybridized carbons (Fsp3) is 0.406. The Morgan fingerprint density at radius 3 is 2.38 bits per heavy atom. The van der Waals surface area contributed by atoms with Crippen molar-refractivity contribution in [3.8, 4) is 11.5 Å². The molecule has 0 aromatic heterocycles. The Kier molecular flexibility index (Phi) is 11.2. The number of esters is 1. The Morgan fingerprint density at radius 2 is 1.74 bits per heavy atom. The van der Waals surface area contributed by atoms with Crippen molar-refractivity contribution < 1.29 is 27.4 Å². The van der Waals surface area contributed by atoms with Crippen molar-refractivity contribution in [2.75, 3.05) is 38.0 Å². The monoisotopic (exact) mass is 612 g/mol. The first kappa shape index (κ1) is 31.7. The molecule has 4 rings (SSSR count). The Morgan fingerprint density at radius 1 is 1.00 bits per heavy atom. The first-order valence-electron chi connectivity index (χ1n) is 14.2. The molecule has 0 fully saturated rings. The van der Waals surface area contributed by atoms with Gasteiger partial charge in [-0.3, -0.25) is 4.79 Å². The van der Waals surface area contributed by atoms with E-state index in [1.54, 1.807) is 31.5 Å². The number of rotatable bonds is 13. The highest BCUT2D eigenvalue weighted by Crippen LogP contribution is 2.43.